The minimum absolute atomic E-state index is 0.211. The van der Waals surface area contributed by atoms with Crippen molar-refractivity contribution in [1.29, 1.82) is 0 Å². The molecule has 0 aliphatic heterocycles. The number of H-pyrrole nitrogens is 1. The van der Waals surface area contributed by atoms with Gasteiger partial charge in [0.15, 0.2) is 5.82 Å². The van der Waals surface area contributed by atoms with Crippen molar-refractivity contribution >= 4 is 5.95 Å². The maximum absolute atomic E-state index is 5.38. The van der Waals surface area contributed by atoms with E-state index in [4.69, 9.17) is 10.5 Å². The molecule has 72 valence electrons. The smallest absolute Gasteiger partial charge is 0.239 e. The van der Waals surface area contributed by atoms with E-state index < -0.39 is 0 Å². The lowest BCUT2D eigenvalue weighted by atomic mass is 10.2. The summed E-state index contributed by atoms with van der Waals surface area (Å²) in [6.07, 6.45) is 3.27. The predicted octanol–water partition coefficient (Wildman–Crippen LogP) is 0.457. The molecule has 0 saturated carbocycles. The van der Waals surface area contributed by atoms with E-state index in [9.17, 15) is 0 Å². The van der Waals surface area contributed by atoms with Crippen molar-refractivity contribution in [2.75, 3.05) is 12.8 Å². The summed E-state index contributed by atoms with van der Waals surface area (Å²) in [5, 5.41) is 6.41. The highest BCUT2D eigenvalue weighted by atomic mass is 16.5. The van der Waals surface area contributed by atoms with Crippen LogP contribution in [0.5, 0.6) is 5.75 Å². The SMILES string of the molecule is COc1cncc(-c2nc(N)n[nH]2)c1. The van der Waals surface area contributed by atoms with E-state index in [0.29, 0.717) is 11.6 Å². The number of anilines is 1. The van der Waals surface area contributed by atoms with Gasteiger partial charge in [-0.3, -0.25) is 10.1 Å². The van der Waals surface area contributed by atoms with Crippen molar-refractivity contribution in [3.8, 4) is 17.1 Å². The lowest BCUT2D eigenvalue weighted by Crippen LogP contribution is -1.88. The number of nitrogen functional groups attached to an aromatic ring is 1. The largest absolute Gasteiger partial charge is 0.495 e. The minimum Gasteiger partial charge on any atom is -0.495 e. The number of nitrogens with zero attached hydrogens (tertiary/aromatic N) is 3. The number of aromatic nitrogens is 4. The molecule has 0 aromatic carbocycles. The second-order valence-electron chi connectivity index (χ2n) is 2.66. The molecule has 0 bridgehead atoms. The van der Waals surface area contributed by atoms with Gasteiger partial charge in [-0.05, 0) is 6.07 Å². The molecule has 0 aliphatic rings. The monoisotopic (exact) mass is 191 g/mol. The molecule has 6 heteroatoms. The summed E-state index contributed by atoms with van der Waals surface area (Å²) in [5.74, 6) is 1.45. The first kappa shape index (κ1) is 8.49. The normalized spacial score (nSPS) is 10.1. The van der Waals surface area contributed by atoms with Crippen LogP contribution >= 0.6 is 0 Å². The van der Waals surface area contributed by atoms with Crippen molar-refractivity contribution in [1.82, 2.24) is 20.2 Å². The second kappa shape index (κ2) is 3.33. The van der Waals surface area contributed by atoms with Crippen molar-refractivity contribution < 1.29 is 4.74 Å². The molecule has 0 fully saturated rings. The Morgan fingerprint density at radius 2 is 2.29 bits per heavy atom. The van der Waals surface area contributed by atoms with Crippen LogP contribution in [-0.4, -0.2) is 27.3 Å². The number of aromatic amines is 1. The number of methoxy groups -OCH3 is 1. The number of rotatable bonds is 2. The highest BCUT2D eigenvalue weighted by molar-refractivity contribution is 5.56. The molecule has 0 saturated heterocycles. The molecule has 0 aliphatic carbocycles. The quantitative estimate of drug-likeness (QED) is 0.719. The summed E-state index contributed by atoms with van der Waals surface area (Å²) in [6, 6.07) is 1.80. The Kier molecular flexibility index (Phi) is 2.02. The maximum atomic E-state index is 5.38. The van der Waals surface area contributed by atoms with Gasteiger partial charge in [-0.25, -0.2) is 0 Å². The Labute approximate surface area is 80.1 Å². The summed E-state index contributed by atoms with van der Waals surface area (Å²) in [6.45, 7) is 0. The molecular formula is C8H9N5O. The zero-order valence-corrected chi connectivity index (χ0v) is 7.56. The van der Waals surface area contributed by atoms with Crippen LogP contribution in [0.1, 0.15) is 0 Å². The number of pyridine rings is 1. The van der Waals surface area contributed by atoms with Crippen LogP contribution in [0.4, 0.5) is 5.95 Å². The Bertz CT molecular complexity index is 439. The number of nitrogens with two attached hydrogens (primary N) is 1. The molecule has 0 amide bonds. The third-order valence-electron chi connectivity index (χ3n) is 1.73. The Balaban J connectivity index is 2.41. The summed E-state index contributed by atoms with van der Waals surface area (Å²) >= 11 is 0. The van der Waals surface area contributed by atoms with E-state index in [1.807, 2.05) is 0 Å². The molecule has 2 aromatic heterocycles. The van der Waals surface area contributed by atoms with E-state index in [1.54, 1.807) is 25.6 Å². The first-order chi connectivity index (χ1) is 6.79. The van der Waals surface area contributed by atoms with Gasteiger partial charge in [-0.1, -0.05) is 0 Å². The topological polar surface area (TPSA) is 89.7 Å². The van der Waals surface area contributed by atoms with E-state index >= 15 is 0 Å². The first-order valence-electron chi connectivity index (χ1n) is 3.97. The highest BCUT2D eigenvalue weighted by Crippen LogP contribution is 2.18. The Morgan fingerprint density at radius 3 is 2.93 bits per heavy atom. The zero-order valence-electron chi connectivity index (χ0n) is 7.56. The highest BCUT2D eigenvalue weighted by Gasteiger charge is 2.04. The molecule has 2 aromatic rings. The molecule has 2 heterocycles. The van der Waals surface area contributed by atoms with Gasteiger partial charge in [-0.15, -0.1) is 5.10 Å². The molecule has 0 unspecified atom stereocenters. The van der Waals surface area contributed by atoms with Gasteiger partial charge in [0.05, 0.1) is 13.3 Å². The number of hydrogen-bond donors (Lipinski definition) is 2. The second-order valence-corrected chi connectivity index (χ2v) is 2.66. The van der Waals surface area contributed by atoms with Crippen LogP contribution in [0.15, 0.2) is 18.5 Å². The first-order valence-corrected chi connectivity index (χ1v) is 3.97. The van der Waals surface area contributed by atoms with Gasteiger partial charge < -0.3 is 10.5 Å². The van der Waals surface area contributed by atoms with Crippen LogP contribution in [0.2, 0.25) is 0 Å². The van der Waals surface area contributed by atoms with E-state index in [1.165, 1.54) is 0 Å². The van der Waals surface area contributed by atoms with Crippen molar-refractivity contribution in [2.45, 2.75) is 0 Å². The number of hydrogen-bond acceptors (Lipinski definition) is 5. The lowest BCUT2D eigenvalue weighted by molar-refractivity contribution is 0.413. The fourth-order valence-corrected chi connectivity index (χ4v) is 1.06. The van der Waals surface area contributed by atoms with Crippen LogP contribution in [0, 0.1) is 0 Å². The molecule has 6 nitrogen and oxygen atoms in total. The Morgan fingerprint density at radius 1 is 1.43 bits per heavy atom. The van der Waals surface area contributed by atoms with Crippen LogP contribution < -0.4 is 10.5 Å². The average molecular weight is 191 g/mol. The summed E-state index contributed by atoms with van der Waals surface area (Å²) in [4.78, 5) is 7.96. The van der Waals surface area contributed by atoms with Crippen molar-refractivity contribution in [3.63, 3.8) is 0 Å². The van der Waals surface area contributed by atoms with Gasteiger partial charge in [0.25, 0.3) is 0 Å². The number of nitrogens with one attached hydrogen (secondary N) is 1. The number of ether oxygens (including phenoxy) is 1. The lowest BCUT2D eigenvalue weighted by Gasteiger charge is -1.99. The molecular weight excluding hydrogens is 182 g/mol. The Hall–Kier alpha value is -2.11. The minimum atomic E-state index is 0.211. The van der Waals surface area contributed by atoms with Gasteiger partial charge in [0.1, 0.15) is 5.75 Å². The summed E-state index contributed by atoms with van der Waals surface area (Å²) < 4.78 is 5.03. The van der Waals surface area contributed by atoms with Crippen LogP contribution in [0.3, 0.4) is 0 Å². The molecule has 14 heavy (non-hydrogen) atoms. The fraction of sp³-hybridized carbons (Fsp3) is 0.125. The van der Waals surface area contributed by atoms with Crippen LogP contribution in [0.25, 0.3) is 11.4 Å². The average Bonchev–Trinajstić information content (AvgIpc) is 2.65. The molecule has 0 atom stereocenters. The fourth-order valence-electron chi connectivity index (χ4n) is 1.06. The molecule has 2 rings (SSSR count). The van der Waals surface area contributed by atoms with Gasteiger partial charge in [-0.2, -0.15) is 4.98 Å². The van der Waals surface area contributed by atoms with E-state index in [0.717, 1.165) is 5.56 Å². The van der Waals surface area contributed by atoms with Crippen molar-refractivity contribution in [2.24, 2.45) is 0 Å². The third-order valence-corrected chi connectivity index (χ3v) is 1.73. The molecule has 3 N–H and O–H groups in total. The van der Waals surface area contributed by atoms with Crippen molar-refractivity contribution in [3.05, 3.63) is 18.5 Å². The standard InChI is InChI=1S/C8H9N5O/c1-14-6-2-5(3-10-4-6)7-11-8(9)13-12-7/h2-4H,1H3,(H3,9,11,12,13). The van der Waals surface area contributed by atoms with E-state index in [2.05, 4.69) is 20.2 Å². The summed E-state index contributed by atoms with van der Waals surface area (Å²) in [5.41, 5.74) is 6.17. The zero-order chi connectivity index (χ0) is 9.97. The van der Waals surface area contributed by atoms with Gasteiger partial charge in [0.2, 0.25) is 5.95 Å². The van der Waals surface area contributed by atoms with Gasteiger partial charge in [0, 0.05) is 11.8 Å². The maximum Gasteiger partial charge on any atom is 0.239 e. The van der Waals surface area contributed by atoms with Gasteiger partial charge >= 0.3 is 0 Å². The molecule has 0 spiro atoms. The molecule has 0 radical (unpaired) electrons. The third kappa shape index (κ3) is 1.49. The van der Waals surface area contributed by atoms with Crippen LogP contribution in [-0.2, 0) is 0 Å². The summed E-state index contributed by atoms with van der Waals surface area (Å²) in [7, 11) is 1.58. The van der Waals surface area contributed by atoms with E-state index in [-0.39, 0.29) is 5.95 Å². The predicted molar refractivity (Wildman–Crippen MR) is 50.6 cm³/mol.